The van der Waals surface area contributed by atoms with Crippen molar-refractivity contribution in [2.45, 2.75) is 38.3 Å². The Morgan fingerprint density at radius 2 is 1.83 bits per heavy atom. The van der Waals surface area contributed by atoms with Crippen LogP contribution in [0.25, 0.3) is 0 Å². The molecule has 1 saturated heterocycles. The lowest BCUT2D eigenvalue weighted by atomic mass is 10.1. The molecule has 0 saturated carbocycles. The van der Waals surface area contributed by atoms with E-state index in [0.29, 0.717) is 0 Å². The van der Waals surface area contributed by atoms with Crippen LogP contribution in [-0.2, 0) is 17.8 Å². The molecule has 1 unspecified atom stereocenters. The van der Waals surface area contributed by atoms with E-state index < -0.39 is 0 Å². The molecule has 6 heteroatoms. The topological polar surface area (TPSA) is 60.2 Å². The van der Waals surface area contributed by atoms with Crippen LogP contribution in [0.4, 0.5) is 0 Å². The molecule has 0 radical (unpaired) electrons. The van der Waals surface area contributed by atoms with Crippen LogP contribution in [0.5, 0.6) is 5.75 Å². The van der Waals surface area contributed by atoms with Gasteiger partial charge in [-0.25, -0.2) is 0 Å². The highest BCUT2D eigenvalue weighted by Crippen LogP contribution is 2.22. The minimum Gasteiger partial charge on any atom is -0.484 e. The molecule has 0 spiro atoms. The van der Waals surface area contributed by atoms with Crippen LogP contribution in [0, 0.1) is 0 Å². The summed E-state index contributed by atoms with van der Waals surface area (Å²) >= 11 is 0. The number of hydrogen-bond acceptors (Lipinski definition) is 4. The summed E-state index contributed by atoms with van der Waals surface area (Å²) in [5.74, 6) is 1.75. The van der Waals surface area contributed by atoms with E-state index in [4.69, 9.17) is 4.74 Å². The quantitative estimate of drug-likeness (QED) is 0.592. The number of para-hydroxylation sites is 1. The molecule has 150 valence electrons. The maximum Gasteiger partial charge on any atom is 0.260 e. The monoisotopic (exact) mass is 390 g/mol. The van der Waals surface area contributed by atoms with Gasteiger partial charge in [0.1, 0.15) is 17.9 Å². The molecule has 4 rings (SSSR count). The van der Waals surface area contributed by atoms with Crippen molar-refractivity contribution in [3.63, 3.8) is 0 Å². The van der Waals surface area contributed by atoms with Crippen LogP contribution in [0.1, 0.15) is 30.7 Å². The van der Waals surface area contributed by atoms with Crippen molar-refractivity contribution in [3.8, 4) is 5.75 Å². The minimum atomic E-state index is 0.0575. The average molecular weight is 390 g/mol. The fourth-order valence-corrected chi connectivity index (χ4v) is 3.89. The summed E-state index contributed by atoms with van der Waals surface area (Å²) in [7, 11) is 0. The van der Waals surface area contributed by atoms with Gasteiger partial charge in [-0.1, -0.05) is 48.5 Å². The molecule has 1 aliphatic rings. The van der Waals surface area contributed by atoms with Gasteiger partial charge in [-0.15, -0.1) is 10.2 Å². The number of amides is 1. The largest absolute Gasteiger partial charge is 0.484 e. The summed E-state index contributed by atoms with van der Waals surface area (Å²) in [5, 5.41) is 8.40. The third-order valence-corrected chi connectivity index (χ3v) is 5.40. The fourth-order valence-electron chi connectivity index (χ4n) is 3.89. The van der Waals surface area contributed by atoms with E-state index in [1.165, 1.54) is 5.56 Å². The number of benzene rings is 2. The lowest BCUT2D eigenvalue weighted by molar-refractivity contribution is -0.134. The lowest BCUT2D eigenvalue weighted by Crippen LogP contribution is -2.39. The number of aromatic nitrogens is 3. The maximum atomic E-state index is 12.7. The van der Waals surface area contributed by atoms with Gasteiger partial charge in [-0.2, -0.15) is 0 Å². The number of hydrogen-bond donors (Lipinski definition) is 0. The highest BCUT2D eigenvalue weighted by molar-refractivity contribution is 5.78. The Morgan fingerprint density at radius 3 is 2.62 bits per heavy atom. The van der Waals surface area contributed by atoms with E-state index in [9.17, 15) is 4.79 Å². The first kappa shape index (κ1) is 19.2. The summed E-state index contributed by atoms with van der Waals surface area (Å²) < 4.78 is 7.74. The molecule has 1 atom stereocenters. The van der Waals surface area contributed by atoms with Crippen molar-refractivity contribution in [3.05, 3.63) is 78.4 Å². The zero-order valence-electron chi connectivity index (χ0n) is 16.5. The molecule has 1 aromatic heterocycles. The molecule has 2 aromatic carbocycles. The van der Waals surface area contributed by atoms with E-state index in [1.807, 2.05) is 53.4 Å². The Kier molecular flexibility index (Phi) is 6.19. The summed E-state index contributed by atoms with van der Waals surface area (Å²) in [4.78, 5) is 14.6. The normalized spacial score (nSPS) is 16.1. The molecule has 1 amide bonds. The average Bonchev–Trinajstić information content (AvgIpc) is 3.41. The zero-order chi connectivity index (χ0) is 19.9. The Bertz CT molecular complexity index is 911. The molecule has 0 aliphatic carbocycles. The molecule has 0 bridgehead atoms. The van der Waals surface area contributed by atoms with Gasteiger partial charge in [-0.3, -0.25) is 4.79 Å². The number of aryl methyl sites for hydroxylation is 1. The number of rotatable bonds is 8. The highest BCUT2D eigenvalue weighted by atomic mass is 16.5. The second kappa shape index (κ2) is 9.37. The Hall–Kier alpha value is -3.15. The smallest absolute Gasteiger partial charge is 0.260 e. The van der Waals surface area contributed by atoms with Gasteiger partial charge in [0.25, 0.3) is 5.91 Å². The van der Waals surface area contributed by atoms with Crippen molar-refractivity contribution in [1.82, 2.24) is 19.7 Å². The van der Waals surface area contributed by atoms with Crippen LogP contribution in [0.15, 0.2) is 67.0 Å². The Labute approximate surface area is 171 Å². The summed E-state index contributed by atoms with van der Waals surface area (Å²) in [6.45, 7) is 1.66. The van der Waals surface area contributed by atoms with Crippen LogP contribution < -0.4 is 4.74 Å². The molecule has 3 aromatic rings. The first-order valence-corrected chi connectivity index (χ1v) is 10.2. The van der Waals surface area contributed by atoms with Crippen LogP contribution in [-0.4, -0.2) is 44.8 Å². The molecular weight excluding hydrogens is 364 g/mol. The van der Waals surface area contributed by atoms with Crippen LogP contribution in [0.2, 0.25) is 0 Å². The van der Waals surface area contributed by atoms with Crippen molar-refractivity contribution >= 4 is 5.91 Å². The van der Waals surface area contributed by atoms with Crippen molar-refractivity contribution in [1.29, 1.82) is 0 Å². The van der Waals surface area contributed by atoms with Crippen molar-refractivity contribution in [2.24, 2.45) is 0 Å². The van der Waals surface area contributed by atoms with Gasteiger partial charge in [0.15, 0.2) is 6.61 Å². The lowest BCUT2D eigenvalue weighted by Gasteiger charge is -2.24. The van der Waals surface area contributed by atoms with Crippen molar-refractivity contribution in [2.75, 3.05) is 13.2 Å². The Morgan fingerprint density at radius 1 is 1.07 bits per heavy atom. The van der Waals surface area contributed by atoms with Gasteiger partial charge >= 0.3 is 0 Å². The summed E-state index contributed by atoms with van der Waals surface area (Å²) in [6.07, 6.45) is 5.56. The van der Waals surface area contributed by atoms with E-state index in [1.54, 1.807) is 6.33 Å². The minimum absolute atomic E-state index is 0.0575. The van der Waals surface area contributed by atoms with Gasteiger partial charge in [0.2, 0.25) is 0 Å². The number of carbonyl (C=O) groups excluding carboxylic acids is 1. The number of carbonyl (C=O) groups is 1. The molecular formula is C23H26N4O2. The van der Waals surface area contributed by atoms with Gasteiger partial charge in [0.05, 0.1) is 6.54 Å². The van der Waals surface area contributed by atoms with Gasteiger partial charge in [-0.05, 0) is 37.0 Å². The fraction of sp³-hybridized carbons (Fsp3) is 0.348. The molecule has 1 aliphatic heterocycles. The standard InChI is InChI=1S/C23H26N4O2/c28-23(17-29-21-11-5-2-6-12-21)27-15-7-10-20(27)13-14-22-25-24-18-26(22)16-19-8-3-1-4-9-19/h1-6,8-9,11-12,18,20H,7,10,13-17H2. The summed E-state index contributed by atoms with van der Waals surface area (Å²) in [6, 6.07) is 20.0. The molecule has 0 N–H and O–H groups in total. The third kappa shape index (κ3) is 5.02. The van der Waals surface area contributed by atoms with Crippen molar-refractivity contribution < 1.29 is 9.53 Å². The number of ether oxygens (including phenoxy) is 1. The molecule has 6 nitrogen and oxygen atoms in total. The predicted molar refractivity (Wildman–Crippen MR) is 111 cm³/mol. The van der Waals surface area contributed by atoms with Gasteiger partial charge in [0, 0.05) is 19.0 Å². The summed E-state index contributed by atoms with van der Waals surface area (Å²) in [5.41, 5.74) is 1.23. The molecule has 29 heavy (non-hydrogen) atoms. The second-order valence-electron chi connectivity index (χ2n) is 7.38. The maximum absolute atomic E-state index is 12.7. The third-order valence-electron chi connectivity index (χ3n) is 5.40. The first-order chi connectivity index (χ1) is 14.3. The first-order valence-electron chi connectivity index (χ1n) is 10.2. The van der Waals surface area contributed by atoms with E-state index in [2.05, 4.69) is 26.9 Å². The van der Waals surface area contributed by atoms with Crippen LogP contribution in [0.3, 0.4) is 0 Å². The van der Waals surface area contributed by atoms with Gasteiger partial charge < -0.3 is 14.2 Å². The zero-order valence-corrected chi connectivity index (χ0v) is 16.5. The SMILES string of the molecule is O=C(COc1ccccc1)N1CCCC1CCc1nncn1Cc1ccccc1. The molecule has 2 heterocycles. The van der Waals surface area contributed by atoms with E-state index >= 15 is 0 Å². The van der Waals surface area contributed by atoms with Crippen LogP contribution >= 0.6 is 0 Å². The second-order valence-corrected chi connectivity index (χ2v) is 7.38. The highest BCUT2D eigenvalue weighted by Gasteiger charge is 2.29. The van der Waals surface area contributed by atoms with E-state index in [0.717, 1.165) is 50.3 Å². The number of nitrogens with zero attached hydrogens (tertiary/aromatic N) is 4. The number of likely N-dealkylation sites (tertiary alicyclic amines) is 1. The van der Waals surface area contributed by atoms with E-state index in [-0.39, 0.29) is 18.6 Å². The Balaban J connectivity index is 1.31. The molecule has 1 fully saturated rings. The predicted octanol–water partition coefficient (Wildman–Crippen LogP) is 3.33.